The number of hydrogen-bond acceptors (Lipinski definition) is 4. The van der Waals surface area contributed by atoms with Crippen molar-refractivity contribution >= 4 is 5.82 Å². The van der Waals surface area contributed by atoms with E-state index in [4.69, 9.17) is 0 Å². The number of aromatic nitrogens is 3. The van der Waals surface area contributed by atoms with Crippen molar-refractivity contribution in [1.29, 1.82) is 0 Å². The fourth-order valence-electron chi connectivity index (χ4n) is 3.93. The summed E-state index contributed by atoms with van der Waals surface area (Å²) in [6, 6.07) is 11.1. The topological polar surface area (TPSA) is 48.1 Å². The Balaban J connectivity index is 1.53. The first kappa shape index (κ1) is 17.7. The quantitative estimate of drug-likeness (QED) is 0.745. The summed E-state index contributed by atoms with van der Waals surface area (Å²) in [4.78, 5) is 9.34. The molecule has 0 amide bonds. The minimum absolute atomic E-state index is 0.212. The van der Waals surface area contributed by atoms with Gasteiger partial charge >= 0.3 is 0 Å². The first-order valence-corrected chi connectivity index (χ1v) is 9.45. The van der Waals surface area contributed by atoms with Crippen LogP contribution in [0.1, 0.15) is 24.9 Å². The van der Waals surface area contributed by atoms with Gasteiger partial charge in [0.05, 0.1) is 6.20 Å². The van der Waals surface area contributed by atoms with E-state index in [0.717, 1.165) is 44.0 Å². The maximum absolute atomic E-state index is 14.3. The zero-order chi connectivity index (χ0) is 18.6. The lowest BCUT2D eigenvalue weighted by molar-refractivity contribution is 0.181. The van der Waals surface area contributed by atoms with Gasteiger partial charge in [0.15, 0.2) is 0 Å². The molecule has 1 saturated heterocycles. The molecule has 0 aliphatic carbocycles. The molecule has 1 aliphatic heterocycles. The second-order valence-electron chi connectivity index (χ2n) is 6.83. The van der Waals surface area contributed by atoms with Crippen molar-refractivity contribution in [1.82, 2.24) is 20.1 Å². The number of anilines is 1. The Morgan fingerprint density at radius 1 is 1.07 bits per heavy atom. The van der Waals surface area contributed by atoms with Gasteiger partial charge in [-0.3, -0.25) is 10.00 Å². The highest BCUT2D eigenvalue weighted by Crippen LogP contribution is 2.32. The van der Waals surface area contributed by atoms with E-state index in [1.165, 1.54) is 11.6 Å². The molecule has 0 spiro atoms. The zero-order valence-electron chi connectivity index (χ0n) is 15.5. The summed E-state index contributed by atoms with van der Waals surface area (Å²) in [5.74, 6) is 0.648. The number of nitrogens with zero attached hydrogens (tertiary/aromatic N) is 4. The van der Waals surface area contributed by atoms with Gasteiger partial charge in [0.1, 0.15) is 11.6 Å². The number of halogens is 1. The SMILES string of the molecule is CCC(c1cn[nH]c1)N1CCN(c2ncccc2-c2ccccc2F)CC1. The fourth-order valence-corrected chi connectivity index (χ4v) is 3.93. The number of rotatable bonds is 5. The van der Waals surface area contributed by atoms with Crippen LogP contribution in [0.15, 0.2) is 55.0 Å². The van der Waals surface area contributed by atoms with Gasteiger partial charge in [0.25, 0.3) is 0 Å². The molecule has 27 heavy (non-hydrogen) atoms. The lowest BCUT2D eigenvalue weighted by Crippen LogP contribution is -2.48. The fraction of sp³-hybridized carbons (Fsp3) is 0.333. The van der Waals surface area contributed by atoms with Gasteiger partial charge in [0, 0.05) is 61.3 Å². The molecule has 1 fully saturated rings. The Bertz CT molecular complexity index is 872. The van der Waals surface area contributed by atoms with Crippen molar-refractivity contribution in [2.45, 2.75) is 19.4 Å². The number of H-pyrrole nitrogens is 1. The Kier molecular flexibility index (Phi) is 5.16. The lowest BCUT2D eigenvalue weighted by Gasteiger charge is -2.39. The summed E-state index contributed by atoms with van der Waals surface area (Å²) >= 11 is 0. The van der Waals surface area contributed by atoms with E-state index in [9.17, 15) is 4.39 Å². The van der Waals surface area contributed by atoms with Crippen molar-refractivity contribution in [2.24, 2.45) is 0 Å². The van der Waals surface area contributed by atoms with Gasteiger partial charge in [0.2, 0.25) is 0 Å². The molecule has 5 nitrogen and oxygen atoms in total. The van der Waals surface area contributed by atoms with Crippen LogP contribution in [0.4, 0.5) is 10.2 Å². The number of pyridine rings is 1. The average molecular weight is 365 g/mol. The maximum atomic E-state index is 14.3. The number of aromatic amines is 1. The molecule has 1 N–H and O–H groups in total. The van der Waals surface area contributed by atoms with Crippen molar-refractivity contribution in [3.63, 3.8) is 0 Å². The molecule has 0 bridgehead atoms. The Hall–Kier alpha value is -2.73. The van der Waals surface area contributed by atoms with E-state index in [1.807, 2.05) is 36.7 Å². The van der Waals surface area contributed by atoms with Crippen LogP contribution in [0.2, 0.25) is 0 Å². The van der Waals surface area contributed by atoms with Crippen LogP contribution in [0.25, 0.3) is 11.1 Å². The molecule has 140 valence electrons. The Morgan fingerprint density at radius 3 is 2.56 bits per heavy atom. The van der Waals surface area contributed by atoms with E-state index < -0.39 is 0 Å². The summed E-state index contributed by atoms with van der Waals surface area (Å²) < 4.78 is 14.3. The van der Waals surface area contributed by atoms with Gasteiger partial charge in [-0.25, -0.2) is 9.37 Å². The maximum Gasteiger partial charge on any atom is 0.136 e. The Labute approximate surface area is 158 Å². The van der Waals surface area contributed by atoms with Gasteiger partial charge in [-0.05, 0) is 24.6 Å². The molecule has 4 rings (SSSR count). The summed E-state index contributed by atoms with van der Waals surface area (Å²) in [6.07, 6.45) is 6.72. The van der Waals surface area contributed by atoms with Crippen LogP contribution < -0.4 is 4.90 Å². The molecule has 2 aromatic heterocycles. The third kappa shape index (κ3) is 3.57. The highest BCUT2D eigenvalue weighted by Gasteiger charge is 2.26. The van der Waals surface area contributed by atoms with E-state index in [0.29, 0.717) is 11.6 Å². The Morgan fingerprint density at radius 2 is 1.85 bits per heavy atom. The van der Waals surface area contributed by atoms with Crippen LogP contribution in [-0.4, -0.2) is 46.3 Å². The van der Waals surface area contributed by atoms with Crippen LogP contribution in [-0.2, 0) is 0 Å². The van der Waals surface area contributed by atoms with Gasteiger partial charge in [-0.1, -0.05) is 25.1 Å². The second kappa shape index (κ2) is 7.88. The second-order valence-corrected chi connectivity index (χ2v) is 6.83. The molecular formula is C21H24FN5. The van der Waals surface area contributed by atoms with E-state index in [-0.39, 0.29) is 5.82 Å². The van der Waals surface area contributed by atoms with E-state index in [2.05, 4.69) is 31.9 Å². The summed E-state index contributed by atoms with van der Waals surface area (Å²) in [5, 5.41) is 7.01. The number of benzene rings is 1. The molecule has 1 unspecified atom stereocenters. The molecule has 0 saturated carbocycles. The smallest absolute Gasteiger partial charge is 0.136 e. The minimum atomic E-state index is -0.212. The normalized spacial score (nSPS) is 16.4. The van der Waals surface area contributed by atoms with Crippen LogP contribution in [0.5, 0.6) is 0 Å². The van der Waals surface area contributed by atoms with Crippen LogP contribution >= 0.6 is 0 Å². The van der Waals surface area contributed by atoms with Gasteiger partial charge in [-0.2, -0.15) is 5.10 Å². The van der Waals surface area contributed by atoms with Crippen molar-refractivity contribution in [3.05, 3.63) is 66.4 Å². The molecule has 3 aromatic rings. The van der Waals surface area contributed by atoms with E-state index in [1.54, 1.807) is 12.3 Å². The van der Waals surface area contributed by atoms with Gasteiger partial charge in [-0.15, -0.1) is 0 Å². The number of nitrogens with one attached hydrogen (secondary N) is 1. The van der Waals surface area contributed by atoms with Crippen molar-refractivity contribution < 1.29 is 4.39 Å². The first-order chi connectivity index (χ1) is 13.3. The first-order valence-electron chi connectivity index (χ1n) is 9.45. The minimum Gasteiger partial charge on any atom is -0.354 e. The largest absolute Gasteiger partial charge is 0.354 e. The molecular weight excluding hydrogens is 341 g/mol. The number of piperazine rings is 1. The molecule has 0 radical (unpaired) electrons. The molecule has 1 aromatic carbocycles. The zero-order valence-corrected chi connectivity index (χ0v) is 15.5. The average Bonchev–Trinajstić information content (AvgIpc) is 3.24. The molecule has 1 aliphatic rings. The third-order valence-electron chi connectivity index (χ3n) is 5.30. The predicted octanol–water partition coefficient (Wildman–Crippen LogP) is 3.88. The van der Waals surface area contributed by atoms with Crippen molar-refractivity contribution in [2.75, 3.05) is 31.1 Å². The highest BCUT2D eigenvalue weighted by atomic mass is 19.1. The summed E-state index contributed by atoms with van der Waals surface area (Å²) in [5.41, 5.74) is 2.69. The lowest BCUT2D eigenvalue weighted by atomic mass is 10.0. The number of hydrogen-bond donors (Lipinski definition) is 1. The molecule has 6 heteroatoms. The molecule has 3 heterocycles. The summed E-state index contributed by atoms with van der Waals surface area (Å²) in [6.45, 7) is 5.83. The van der Waals surface area contributed by atoms with E-state index >= 15 is 0 Å². The van der Waals surface area contributed by atoms with Crippen LogP contribution in [0.3, 0.4) is 0 Å². The summed E-state index contributed by atoms with van der Waals surface area (Å²) in [7, 11) is 0. The standard InChI is InChI=1S/C21H24FN5/c1-2-20(16-14-24-25-15-16)26-10-12-27(13-11-26)21-18(7-5-9-23-21)17-6-3-4-8-19(17)22/h3-9,14-15,20H,2,10-13H2,1H3,(H,24,25). The molecule has 1 atom stereocenters. The monoisotopic (exact) mass is 365 g/mol. The van der Waals surface area contributed by atoms with Gasteiger partial charge < -0.3 is 4.90 Å². The third-order valence-corrected chi connectivity index (χ3v) is 5.30. The predicted molar refractivity (Wildman–Crippen MR) is 105 cm³/mol. The van der Waals surface area contributed by atoms with Crippen molar-refractivity contribution in [3.8, 4) is 11.1 Å². The highest BCUT2D eigenvalue weighted by molar-refractivity contribution is 5.76. The van der Waals surface area contributed by atoms with Crippen LogP contribution in [0, 0.1) is 5.82 Å².